The van der Waals surface area contributed by atoms with Gasteiger partial charge >= 0.3 is 0 Å². The molecule has 30 nitrogen and oxygen atoms in total. The van der Waals surface area contributed by atoms with Crippen LogP contribution in [0.25, 0.3) is 34.2 Å². The van der Waals surface area contributed by atoms with Gasteiger partial charge < -0.3 is 40.0 Å². The molecule has 12 unspecified atom stereocenters. The summed E-state index contributed by atoms with van der Waals surface area (Å²) in [6.07, 6.45) is 36.1. The molecule has 4 saturated heterocycles. The molecule has 35 heteroatoms. The number of halogens is 5. The Morgan fingerprint density at radius 2 is 0.918 bits per heavy atom. The van der Waals surface area contributed by atoms with Crippen LogP contribution in [-0.4, -0.2) is 221 Å². The number of amides is 4. The van der Waals surface area contributed by atoms with Gasteiger partial charge in [-0.15, -0.1) is 4.80 Å². The first-order chi connectivity index (χ1) is 59.4. The number of carbonyl (C=O) groups is 4. The van der Waals surface area contributed by atoms with E-state index in [-0.39, 0.29) is 100 Å². The number of carbonyl (C=O) groups excluding carboxylic acids is 4. The van der Waals surface area contributed by atoms with Crippen LogP contribution >= 0.6 is 23.2 Å². The Morgan fingerprint density at radius 3 is 1.47 bits per heavy atom. The van der Waals surface area contributed by atoms with Crippen molar-refractivity contribution >= 4 is 70.1 Å². The lowest BCUT2D eigenvalue weighted by Gasteiger charge is -2.40. The summed E-state index contributed by atoms with van der Waals surface area (Å²) in [5.74, 6) is 4.15. The Kier molecular flexibility index (Phi) is 22.8. The second-order valence-corrected chi connectivity index (χ2v) is 33.3. The first-order valence-electron chi connectivity index (χ1n) is 40.9. The second kappa shape index (κ2) is 34.7. The van der Waals surface area contributed by atoms with Crippen LogP contribution in [0.15, 0.2) is 190 Å². The van der Waals surface area contributed by atoms with E-state index in [1.54, 1.807) is 73.7 Å². The topological polar surface area (TPSA) is 328 Å². The number of aromatic nitrogens is 18. The third kappa shape index (κ3) is 16.8. The zero-order chi connectivity index (χ0) is 83.8. The van der Waals surface area contributed by atoms with Gasteiger partial charge in [0.25, 0.3) is 23.6 Å². The fourth-order valence-electron chi connectivity index (χ4n) is 19.1. The van der Waals surface area contributed by atoms with Gasteiger partial charge in [-0.25, -0.2) is 63.0 Å². The van der Waals surface area contributed by atoms with Crippen molar-refractivity contribution < 1.29 is 32.3 Å². The number of benzene rings is 4. The lowest BCUT2D eigenvalue weighted by Crippen LogP contribution is -2.53. The summed E-state index contributed by atoms with van der Waals surface area (Å²) in [5, 5.41) is 23.5. The molecule has 0 radical (unpaired) electrons. The number of nitrogens with zero attached hydrogens (tertiary/aromatic N) is 24. The molecule has 12 heterocycles. The highest BCUT2D eigenvalue weighted by Crippen LogP contribution is 2.47. The summed E-state index contributed by atoms with van der Waals surface area (Å²) < 4.78 is 43.4. The maximum absolute atomic E-state index is 14.9. The minimum absolute atomic E-state index is 0.00771. The van der Waals surface area contributed by atoms with E-state index in [1.807, 2.05) is 76.3 Å². The lowest BCUT2D eigenvalue weighted by atomic mass is 10.00. The van der Waals surface area contributed by atoms with Gasteiger partial charge in [0.15, 0.2) is 17.5 Å². The fraction of sp³-hybridized carbons (Fsp3) is 0.356. The predicted octanol–water partition coefficient (Wildman–Crippen LogP) is 12.0. The zero-order valence-electron chi connectivity index (χ0n) is 66.8. The summed E-state index contributed by atoms with van der Waals surface area (Å²) in [4.78, 5) is 121. The van der Waals surface area contributed by atoms with Gasteiger partial charge in [0, 0.05) is 82.2 Å². The van der Waals surface area contributed by atoms with Gasteiger partial charge in [0.05, 0.1) is 156 Å². The molecular formula is C87H85Cl2F3N26O4. The molecule has 5 aliphatic carbocycles. The van der Waals surface area contributed by atoms with Crippen LogP contribution in [0.1, 0.15) is 117 Å². The molecule has 0 spiro atoms. The van der Waals surface area contributed by atoms with Crippen LogP contribution in [0.2, 0.25) is 10.3 Å². The van der Waals surface area contributed by atoms with Gasteiger partial charge in [-0.2, -0.15) is 25.2 Å². The Balaban J connectivity index is 0.000000111. The van der Waals surface area contributed by atoms with E-state index >= 15 is 0 Å². The number of aryl methyl sites for hydroxylation is 2. The molecule has 12 aromatic rings. The van der Waals surface area contributed by atoms with Crippen molar-refractivity contribution in [1.29, 1.82) is 0 Å². The molecule has 12 atom stereocenters. The quantitative estimate of drug-likeness (QED) is 0.0806. The largest absolute Gasteiger partial charge is 0.364 e. The highest BCUT2D eigenvalue weighted by atomic mass is 35.5. The number of para-hydroxylation sites is 1. The Bertz CT molecular complexity index is 5660. The summed E-state index contributed by atoms with van der Waals surface area (Å²) in [7, 11) is 2.05. The third-order valence-electron chi connectivity index (χ3n) is 24.7. The van der Waals surface area contributed by atoms with Crippen molar-refractivity contribution in [2.45, 2.75) is 126 Å². The Labute approximate surface area is 709 Å². The smallest absolute Gasteiger partial charge is 0.256 e. The van der Waals surface area contributed by atoms with E-state index in [2.05, 4.69) is 108 Å². The summed E-state index contributed by atoms with van der Waals surface area (Å²) in [6.45, 7) is 7.61. The van der Waals surface area contributed by atoms with E-state index in [9.17, 15) is 32.3 Å². The number of hydrogen-bond acceptors (Lipinski definition) is 24. The maximum Gasteiger partial charge on any atom is 0.256 e. The second-order valence-electron chi connectivity index (χ2n) is 32.6. The molecule has 2 N–H and O–H groups in total. The SMILES string of the molecule is Cc1cnc(N(C)C2CC3CC2N(C(=O)c2ccccc2-c2ncccn2)C3)cn1.Cc1cnc(N(CC2CC2)C2CC3CC2N(C(=O)c2cccc(F)c2-c2ncccn2)C3)cn1.O=C(c1cc(F)ccc1-n1nccn1)N1CC2CC(Nc3cnc(Cl)cn3)C1C2.O=C(c1cccc(F)c1-n1nccn1)N1CC2CC(Nc3cnc(Cl)cn3)C1C2. The van der Waals surface area contributed by atoms with Gasteiger partial charge in [-0.05, 0) is 168 Å². The zero-order valence-corrected chi connectivity index (χ0v) is 68.3. The minimum Gasteiger partial charge on any atom is -0.364 e. The Morgan fingerprint density at radius 1 is 0.434 bits per heavy atom. The van der Waals surface area contributed by atoms with Crippen LogP contribution < -0.4 is 20.4 Å². The summed E-state index contributed by atoms with van der Waals surface area (Å²) in [6, 6.07) is 25.0. The van der Waals surface area contributed by atoms with Crippen molar-refractivity contribution in [1.82, 2.24) is 109 Å². The molecule has 4 amide bonds. The summed E-state index contributed by atoms with van der Waals surface area (Å²) >= 11 is 11.6. The molecule has 622 valence electrons. The number of likely N-dealkylation sites (tertiary alicyclic amines) is 4. The Hall–Kier alpha value is -12.9. The molecule has 5 saturated carbocycles. The van der Waals surface area contributed by atoms with Gasteiger partial charge in [0.1, 0.15) is 50.9 Å². The average Bonchev–Trinajstić information content (AvgIpc) is 1.60. The van der Waals surface area contributed by atoms with E-state index in [0.29, 0.717) is 93.8 Å². The molecule has 4 aromatic carbocycles. The normalized spacial score (nSPS) is 22.9. The first kappa shape index (κ1) is 80.2. The van der Waals surface area contributed by atoms with Gasteiger partial charge in [-0.1, -0.05) is 53.5 Å². The average molecular weight is 1690 g/mol. The highest BCUT2D eigenvalue weighted by Gasteiger charge is 2.53. The molecular weight excluding hydrogens is 1600 g/mol. The van der Waals surface area contributed by atoms with Crippen molar-refractivity contribution in [3.63, 3.8) is 0 Å². The van der Waals surface area contributed by atoms with Crippen molar-refractivity contribution in [2.75, 3.05) is 60.2 Å². The molecule has 4 aliphatic heterocycles. The van der Waals surface area contributed by atoms with Crippen molar-refractivity contribution in [3.05, 3.63) is 252 Å². The van der Waals surface area contributed by atoms with E-state index in [1.165, 1.54) is 91.2 Å². The maximum atomic E-state index is 14.9. The van der Waals surface area contributed by atoms with E-state index < -0.39 is 17.5 Å². The van der Waals surface area contributed by atoms with Crippen LogP contribution in [0, 0.1) is 60.9 Å². The monoisotopic (exact) mass is 1680 g/mol. The number of likely N-dealkylation sites (N-methyl/N-ethyl adjacent to an activating group) is 1. The predicted molar refractivity (Wildman–Crippen MR) is 446 cm³/mol. The molecule has 9 fully saturated rings. The summed E-state index contributed by atoms with van der Waals surface area (Å²) in [5.41, 5.74) is 4.74. The number of piperidine rings is 4. The number of rotatable bonds is 18. The molecule has 8 bridgehead atoms. The number of anilines is 4. The van der Waals surface area contributed by atoms with Crippen LogP contribution in [0.4, 0.5) is 36.4 Å². The minimum atomic E-state index is -0.539. The number of fused-ring (bicyclic) bond motifs is 8. The standard InChI is InChI=1S/C26H27FN6O.C23H24N6O.2C19H17ClFN7O/c1-16-12-31-23(13-30-16)32(14-17-6-7-17)21-10-18-11-22(21)33(15-18)26(34)19-4-2-5-20(27)24(19)25-28-8-3-9-29-25;1-15-12-27-21(13-26-15)28(2)19-10-16-11-20(19)29(14-16)23(30)18-7-4-3-6-17(18)22-24-8-5-9-25-22;20-17-8-23-18(9-22-17)26-14-5-11-6-16(14)27(10-11)19(29)13-7-12(21)1-2-15(13)28-24-3-4-25-28;20-16-8-23-17(9-22-16)26-14-6-11-7-15(14)27(10-11)19(29)12-2-1-3-13(21)18(12)28-24-4-5-25-28/h2-5,8-9,12-13,17-18,21-22H,6-7,10-11,14-15H2,1H3;3-9,12-13,16,19-20H,10-11,14H2,1-2H3;1-4,7-9,11,14,16H,5-6,10H2,(H,23,26);1-5,8-9,11,14-15H,6-7,10H2,(H,23,26). The molecule has 122 heavy (non-hydrogen) atoms. The number of nitrogens with one attached hydrogen (secondary N) is 2. The van der Waals surface area contributed by atoms with Crippen molar-refractivity contribution in [2.24, 2.45) is 29.6 Å². The van der Waals surface area contributed by atoms with Gasteiger partial charge in [0.2, 0.25) is 0 Å². The molecule has 21 rings (SSSR count). The van der Waals surface area contributed by atoms with E-state index in [4.69, 9.17) is 23.2 Å². The number of hydrogen-bond donors (Lipinski definition) is 2. The van der Waals surface area contributed by atoms with Crippen LogP contribution in [0.5, 0.6) is 0 Å². The van der Waals surface area contributed by atoms with Gasteiger partial charge in [-0.3, -0.25) is 29.1 Å². The third-order valence-corrected chi connectivity index (χ3v) is 25.1. The van der Waals surface area contributed by atoms with Crippen LogP contribution in [0.3, 0.4) is 0 Å². The highest BCUT2D eigenvalue weighted by molar-refractivity contribution is 6.29. The molecule has 8 aromatic heterocycles. The molecule has 9 aliphatic rings. The first-order valence-corrected chi connectivity index (χ1v) is 41.7. The van der Waals surface area contributed by atoms with E-state index in [0.717, 1.165) is 97.8 Å². The lowest BCUT2D eigenvalue weighted by molar-refractivity contribution is 0.0675. The van der Waals surface area contributed by atoms with Crippen LogP contribution in [-0.2, 0) is 0 Å². The fourth-order valence-corrected chi connectivity index (χ4v) is 19.3. The van der Waals surface area contributed by atoms with Crippen molar-refractivity contribution in [3.8, 4) is 34.2 Å².